The van der Waals surface area contributed by atoms with E-state index in [0.717, 1.165) is 22.6 Å². The third-order valence-electron chi connectivity index (χ3n) is 6.04. The predicted octanol–water partition coefficient (Wildman–Crippen LogP) is 2.53. The van der Waals surface area contributed by atoms with E-state index in [1.807, 2.05) is 54.2 Å². The Balaban J connectivity index is 1.82. The van der Waals surface area contributed by atoms with Crippen molar-refractivity contribution in [2.24, 2.45) is 7.05 Å². The first-order chi connectivity index (χ1) is 15.8. The Hall–Kier alpha value is -3.19. The molecule has 2 aromatic carbocycles. The fraction of sp³-hybridized carbons (Fsp3) is 0.333. The summed E-state index contributed by atoms with van der Waals surface area (Å²) in [5, 5.41) is 9.46. The summed E-state index contributed by atoms with van der Waals surface area (Å²) in [7, 11) is 1.34. The number of nitrogens with zero attached hydrogens (tertiary/aromatic N) is 6. The average molecular weight is 465 g/mol. The highest BCUT2D eigenvalue weighted by Gasteiger charge is 2.37. The number of aryl methyl sites for hydroxylation is 1. The fourth-order valence-corrected chi connectivity index (χ4v) is 5.47. The van der Waals surface area contributed by atoms with Crippen molar-refractivity contribution in [1.82, 2.24) is 18.2 Å². The normalized spacial score (nSPS) is 16.9. The molecule has 0 saturated heterocycles. The first kappa shape index (κ1) is 23.0. The molecular formula is C24H28N6O2S. The standard InChI is InChI=1S/C24H28N6O2S/c1-27(2)33(31,32)30-16-21-13-20(15-25)9-10-23(21)29(18-24-26-11-12-28(24)3)17-22(30)14-19-7-5-4-6-8-19/h4-13,22H,14,16-18H2,1-3H3/t22-/m1/s1. The van der Waals surface area contributed by atoms with Crippen LogP contribution in [0.25, 0.3) is 0 Å². The second-order valence-electron chi connectivity index (χ2n) is 8.47. The van der Waals surface area contributed by atoms with Crippen LogP contribution in [0.2, 0.25) is 0 Å². The highest BCUT2D eigenvalue weighted by molar-refractivity contribution is 7.86. The molecule has 4 rings (SSSR count). The predicted molar refractivity (Wildman–Crippen MR) is 127 cm³/mol. The van der Waals surface area contributed by atoms with Crippen LogP contribution in [0, 0.1) is 11.3 Å². The summed E-state index contributed by atoms with van der Waals surface area (Å²) in [5.41, 5.74) is 3.31. The van der Waals surface area contributed by atoms with Crippen molar-refractivity contribution < 1.29 is 8.42 Å². The molecule has 3 aromatic rings. The fourth-order valence-electron chi connectivity index (χ4n) is 4.23. The van der Waals surface area contributed by atoms with Gasteiger partial charge in [-0.15, -0.1) is 0 Å². The maximum Gasteiger partial charge on any atom is 0.282 e. The van der Waals surface area contributed by atoms with Crippen LogP contribution in [0.5, 0.6) is 0 Å². The number of fused-ring (bicyclic) bond motifs is 1. The molecule has 0 bridgehead atoms. The summed E-state index contributed by atoms with van der Waals surface area (Å²) in [6, 6.07) is 17.3. The van der Waals surface area contributed by atoms with Gasteiger partial charge in [-0.3, -0.25) is 0 Å². The van der Waals surface area contributed by atoms with E-state index >= 15 is 0 Å². The molecule has 1 aliphatic heterocycles. The van der Waals surface area contributed by atoms with Gasteiger partial charge in [0, 0.05) is 58.4 Å². The highest BCUT2D eigenvalue weighted by atomic mass is 32.2. The van der Waals surface area contributed by atoms with E-state index < -0.39 is 10.2 Å². The highest BCUT2D eigenvalue weighted by Crippen LogP contribution is 2.32. The van der Waals surface area contributed by atoms with Crippen molar-refractivity contribution in [3.8, 4) is 6.07 Å². The van der Waals surface area contributed by atoms with E-state index in [-0.39, 0.29) is 12.6 Å². The minimum absolute atomic E-state index is 0.194. The SMILES string of the molecule is CN(C)S(=O)(=O)N1Cc2cc(C#N)ccc2N(Cc2nccn2C)C[C@H]1Cc1ccccc1. The van der Waals surface area contributed by atoms with E-state index in [0.29, 0.717) is 25.1 Å². The lowest BCUT2D eigenvalue weighted by Crippen LogP contribution is -2.49. The van der Waals surface area contributed by atoms with Gasteiger partial charge >= 0.3 is 0 Å². The third kappa shape index (κ3) is 4.78. The molecule has 0 aliphatic carbocycles. The topological polar surface area (TPSA) is 85.5 Å². The maximum atomic E-state index is 13.4. The summed E-state index contributed by atoms with van der Waals surface area (Å²) >= 11 is 0. The molecule has 8 nitrogen and oxygen atoms in total. The lowest BCUT2D eigenvalue weighted by atomic mass is 10.1. The quantitative estimate of drug-likeness (QED) is 0.560. The average Bonchev–Trinajstić information content (AvgIpc) is 3.13. The van der Waals surface area contributed by atoms with Gasteiger partial charge in [-0.05, 0) is 35.7 Å². The van der Waals surface area contributed by atoms with Crippen molar-refractivity contribution in [2.45, 2.75) is 25.6 Å². The summed E-state index contributed by atoms with van der Waals surface area (Å²) in [4.78, 5) is 6.66. The van der Waals surface area contributed by atoms with Crippen LogP contribution < -0.4 is 4.90 Å². The van der Waals surface area contributed by atoms with E-state index in [2.05, 4.69) is 16.0 Å². The number of aromatic nitrogens is 2. The molecule has 0 saturated carbocycles. The van der Waals surface area contributed by atoms with Crippen molar-refractivity contribution >= 4 is 15.9 Å². The molecule has 0 radical (unpaired) electrons. The van der Waals surface area contributed by atoms with Crippen molar-refractivity contribution in [3.05, 3.63) is 83.4 Å². The molecule has 0 N–H and O–H groups in total. The Morgan fingerprint density at radius 2 is 1.94 bits per heavy atom. The molecule has 33 heavy (non-hydrogen) atoms. The van der Waals surface area contributed by atoms with Gasteiger partial charge in [-0.2, -0.15) is 22.3 Å². The zero-order chi connectivity index (χ0) is 23.6. The summed E-state index contributed by atoms with van der Waals surface area (Å²) in [6.45, 7) is 1.22. The Bertz CT molecular complexity index is 1260. The molecule has 0 spiro atoms. The zero-order valence-electron chi connectivity index (χ0n) is 19.1. The molecular weight excluding hydrogens is 436 g/mol. The molecule has 0 amide bonds. The van der Waals surface area contributed by atoms with E-state index in [9.17, 15) is 13.7 Å². The van der Waals surface area contributed by atoms with Gasteiger partial charge in [-0.25, -0.2) is 4.98 Å². The van der Waals surface area contributed by atoms with Gasteiger partial charge in [0.25, 0.3) is 10.2 Å². The molecule has 1 aromatic heterocycles. The summed E-state index contributed by atoms with van der Waals surface area (Å²) in [5.74, 6) is 0.882. The second-order valence-corrected chi connectivity index (χ2v) is 10.6. The van der Waals surface area contributed by atoms with Gasteiger partial charge in [-0.1, -0.05) is 30.3 Å². The van der Waals surface area contributed by atoms with Crippen LogP contribution in [-0.4, -0.2) is 53.3 Å². The van der Waals surface area contributed by atoms with Crippen LogP contribution in [0.3, 0.4) is 0 Å². The van der Waals surface area contributed by atoms with Gasteiger partial charge in [0.15, 0.2) is 0 Å². The van der Waals surface area contributed by atoms with Gasteiger partial charge in [0.1, 0.15) is 5.82 Å². The molecule has 2 heterocycles. The molecule has 9 heteroatoms. The number of hydrogen-bond acceptors (Lipinski definition) is 5. The molecule has 172 valence electrons. The van der Waals surface area contributed by atoms with Gasteiger partial charge < -0.3 is 9.47 Å². The van der Waals surface area contributed by atoms with Crippen LogP contribution in [0.4, 0.5) is 5.69 Å². The molecule has 1 aliphatic rings. The number of benzene rings is 2. The number of imidazole rings is 1. The lowest BCUT2D eigenvalue weighted by molar-refractivity contribution is 0.297. The first-order valence-corrected chi connectivity index (χ1v) is 12.2. The van der Waals surface area contributed by atoms with E-state index in [1.165, 1.54) is 4.31 Å². The van der Waals surface area contributed by atoms with Crippen LogP contribution >= 0.6 is 0 Å². The maximum absolute atomic E-state index is 13.4. The summed E-state index contributed by atoms with van der Waals surface area (Å²) in [6.07, 6.45) is 4.23. The Labute approximate surface area is 195 Å². The first-order valence-electron chi connectivity index (χ1n) is 10.8. The monoisotopic (exact) mass is 464 g/mol. The van der Waals surface area contributed by atoms with Crippen molar-refractivity contribution in [1.29, 1.82) is 5.26 Å². The van der Waals surface area contributed by atoms with E-state index in [1.54, 1.807) is 36.7 Å². The van der Waals surface area contributed by atoms with Gasteiger partial charge in [0.05, 0.1) is 18.2 Å². The third-order valence-corrected chi connectivity index (χ3v) is 7.98. The summed E-state index contributed by atoms with van der Waals surface area (Å²) < 4.78 is 31.7. The zero-order valence-corrected chi connectivity index (χ0v) is 19.9. The van der Waals surface area contributed by atoms with Crippen molar-refractivity contribution in [2.75, 3.05) is 25.5 Å². The van der Waals surface area contributed by atoms with Crippen LogP contribution in [0.1, 0.15) is 22.5 Å². The number of anilines is 1. The van der Waals surface area contributed by atoms with Gasteiger partial charge in [0.2, 0.25) is 0 Å². The Morgan fingerprint density at radius 3 is 2.58 bits per heavy atom. The smallest absolute Gasteiger partial charge is 0.282 e. The number of hydrogen-bond donors (Lipinski definition) is 0. The van der Waals surface area contributed by atoms with Crippen LogP contribution in [0.15, 0.2) is 60.9 Å². The number of nitriles is 1. The van der Waals surface area contributed by atoms with Crippen LogP contribution in [-0.2, 0) is 36.8 Å². The Morgan fingerprint density at radius 1 is 1.18 bits per heavy atom. The second kappa shape index (κ2) is 9.35. The largest absolute Gasteiger partial charge is 0.362 e. The molecule has 1 atom stereocenters. The minimum atomic E-state index is -3.71. The lowest BCUT2D eigenvalue weighted by Gasteiger charge is -2.33. The molecule has 0 unspecified atom stereocenters. The van der Waals surface area contributed by atoms with E-state index in [4.69, 9.17) is 0 Å². The molecule has 0 fully saturated rings. The number of rotatable bonds is 6. The Kier molecular flexibility index (Phi) is 6.51. The van der Waals surface area contributed by atoms with Crippen molar-refractivity contribution in [3.63, 3.8) is 0 Å². The minimum Gasteiger partial charge on any atom is -0.362 e.